The molecule has 0 aliphatic carbocycles. The number of carbonyl (C=O) groups is 1. The van der Waals surface area contributed by atoms with E-state index in [0.717, 1.165) is 9.35 Å². The molecule has 0 amide bonds. The number of thiophene rings is 1. The van der Waals surface area contributed by atoms with E-state index in [9.17, 15) is 4.79 Å². The molecule has 0 saturated carbocycles. The maximum absolute atomic E-state index is 11.9. The highest BCUT2D eigenvalue weighted by atomic mass is 79.9. The van der Waals surface area contributed by atoms with Crippen molar-refractivity contribution in [1.82, 2.24) is 0 Å². The van der Waals surface area contributed by atoms with Crippen LogP contribution < -0.4 is 0 Å². The van der Waals surface area contributed by atoms with E-state index in [-0.39, 0.29) is 11.4 Å². The van der Waals surface area contributed by atoms with Crippen LogP contribution in [0.2, 0.25) is 0 Å². The van der Waals surface area contributed by atoms with E-state index in [1.165, 1.54) is 11.3 Å². The summed E-state index contributed by atoms with van der Waals surface area (Å²) < 4.78 is 0.962. The Morgan fingerprint density at radius 1 is 1.56 bits per heavy atom. The summed E-state index contributed by atoms with van der Waals surface area (Å²) in [6.07, 6.45) is 1.64. The van der Waals surface area contributed by atoms with Crippen molar-refractivity contribution in [2.75, 3.05) is 0 Å². The molecule has 0 radical (unpaired) electrons. The topological polar surface area (TPSA) is 40.9 Å². The lowest BCUT2D eigenvalue weighted by Crippen LogP contribution is -2.21. The van der Waals surface area contributed by atoms with Gasteiger partial charge in [0.2, 0.25) is 0 Å². The average molecular weight is 298 g/mol. The Morgan fingerprint density at radius 2 is 2.19 bits per heavy atom. The van der Waals surface area contributed by atoms with Gasteiger partial charge >= 0.3 is 0 Å². The number of rotatable bonds is 2. The number of allylic oxidation sites excluding steroid dienone is 1. The van der Waals surface area contributed by atoms with Crippen LogP contribution in [-0.4, -0.2) is 5.78 Å². The van der Waals surface area contributed by atoms with E-state index in [1.54, 1.807) is 6.08 Å². The van der Waals surface area contributed by atoms with E-state index in [1.807, 2.05) is 38.3 Å². The summed E-state index contributed by atoms with van der Waals surface area (Å²) in [4.78, 5) is 12.8. The average Bonchev–Trinajstić information content (AvgIpc) is 2.58. The van der Waals surface area contributed by atoms with E-state index in [0.29, 0.717) is 0 Å². The van der Waals surface area contributed by atoms with E-state index >= 15 is 0 Å². The molecule has 0 bridgehead atoms. The minimum Gasteiger partial charge on any atom is -0.293 e. The Morgan fingerprint density at radius 3 is 2.56 bits per heavy atom. The first-order valence-corrected chi connectivity index (χ1v) is 6.42. The summed E-state index contributed by atoms with van der Waals surface area (Å²) >= 11 is 4.83. The highest BCUT2D eigenvalue weighted by molar-refractivity contribution is 9.10. The standard InChI is InChI=1S/C12H12BrNOS/c1-12(2,3)11(15)8(6-14)4-10-5-9(13)7-16-10/h4-5,7H,1-3H3/b8-4+. The molecular formula is C12H12BrNOS. The third-order valence-electron chi connectivity index (χ3n) is 1.92. The predicted octanol–water partition coefficient (Wildman–Crippen LogP) is 4.03. The van der Waals surface area contributed by atoms with Crippen molar-refractivity contribution >= 4 is 39.1 Å². The van der Waals surface area contributed by atoms with Gasteiger partial charge in [-0.3, -0.25) is 4.79 Å². The smallest absolute Gasteiger partial charge is 0.178 e. The normalized spacial score (nSPS) is 12.3. The van der Waals surface area contributed by atoms with Gasteiger partial charge in [-0.15, -0.1) is 11.3 Å². The highest BCUT2D eigenvalue weighted by Crippen LogP contribution is 2.25. The number of halogens is 1. The molecule has 0 atom stereocenters. The Bertz CT molecular complexity index is 474. The van der Waals surface area contributed by atoms with Gasteiger partial charge in [-0.25, -0.2) is 0 Å². The summed E-state index contributed by atoms with van der Waals surface area (Å²) in [6.45, 7) is 5.43. The minimum absolute atomic E-state index is 0.125. The number of ketones is 1. The van der Waals surface area contributed by atoms with E-state index < -0.39 is 5.41 Å². The van der Waals surface area contributed by atoms with Gasteiger partial charge < -0.3 is 0 Å². The molecule has 1 aromatic heterocycles. The highest BCUT2D eigenvalue weighted by Gasteiger charge is 2.24. The summed E-state index contributed by atoms with van der Waals surface area (Å²) in [7, 11) is 0. The Kier molecular flexibility index (Phi) is 4.06. The third-order valence-corrected chi connectivity index (χ3v) is 3.56. The SMILES string of the molecule is CC(C)(C)C(=O)/C(C#N)=C/c1cc(Br)cs1. The van der Waals surface area contributed by atoms with Crippen LogP contribution in [0.3, 0.4) is 0 Å². The first kappa shape index (κ1) is 13.1. The minimum atomic E-state index is -0.518. The lowest BCUT2D eigenvalue weighted by molar-refractivity contribution is -0.121. The molecule has 4 heteroatoms. The van der Waals surface area contributed by atoms with Crippen molar-refractivity contribution in [3.05, 3.63) is 26.4 Å². The molecule has 0 fully saturated rings. The zero-order valence-corrected chi connectivity index (χ0v) is 11.8. The zero-order valence-electron chi connectivity index (χ0n) is 9.37. The van der Waals surface area contributed by atoms with Gasteiger partial charge in [0.25, 0.3) is 0 Å². The first-order valence-electron chi connectivity index (χ1n) is 4.75. The molecule has 0 unspecified atom stereocenters. The van der Waals surface area contributed by atoms with E-state index in [2.05, 4.69) is 15.9 Å². The van der Waals surface area contributed by atoms with Crippen molar-refractivity contribution in [3.8, 4) is 6.07 Å². The number of hydrogen-bond donors (Lipinski definition) is 0. The Hall–Kier alpha value is -0.920. The van der Waals surface area contributed by atoms with Gasteiger partial charge in [-0.1, -0.05) is 20.8 Å². The Labute approximate surface area is 108 Å². The van der Waals surface area contributed by atoms with Crippen molar-refractivity contribution in [2.24, 2.45) is 5.41 Å². The summed E-state index contributed by atoms with van der Waals surface area (Å²) in [5.74, 6) is -0.125. The fraction of sp³-hybridized carbons (Fsp3) is 0.333. The summed E-state index contributed by atoms with van der Waals surface area (Å²) in [5.41, 5.74) is -0.308. The van der Waals surface area contributed by atoms with Crippen molar-refractivity contribution < 1.29 is 4.79 Å². The molecular weight excluding hydrogens is 286 g/mol. The number of nitrogens with zero attached hydrogens (tertiary/aromatic N) is 1. The van der Waals surface area contributed by atoms with Crippen molar-refractivity contribution in [3.63, 3.8) is 0 Å². The monoisotopic (exact) mass is 297 g/mol. The van der Waals surface area contributed by atoms with Crippen LogP contribution in [0.5, 0.6) is 0 Å². The third kappa shape index (κ3) is 3.29. The van der Waals surface area contributed by atoms with Crippen molar-refractivity contribution in [1.29, 1.82) is 5.26 Å². The van der Waals surface area contributed by atoms with Gasteiger partial charge in [0.05, 0.1) is 5.57 Å². The molecule has 0 aromatic carbocycles. The number of nitriles is 1. The predicted molar refractivity (Wildman–Crippen MR) is 70.1 cm³/mol. The second kappa shape index (κ2) is 4.94. The fourth-order valence-corrected chi connectivity index (χ4v) is 2.47. The van der Waals surface area contributed by atoms with Crippen LogP contribution in [0.25, 0.3) is 6.08 Å². The molecule has 0 aliphatic rings. The first-order chi connectivity index (χ1) is 7.34. The van der Waals surface area contributed by atoms with Crippen LogP contribution in [0.4, 0.5) is 0 Å². The fourth-order valence-electron chi connectivity index (χ4n) is 1.10. The summed E-state index contributed by atoms with van der Waals surface area (Å²) in [5, 5.41) is 10.9. The zero-order chi connectivity index (χ0) is 12.3. The maximum Gasteiger partial charge on any atom is 0.178 e. The van der Waals surface area contributed by atoms with Crippen LogP contribution >= 0.6 is 27.3 Å². The van der Waals surface area contributed by atoms with Gasteiger partial charge in [0.15, 0.2) is 5.78 Å². The molecule has 0 spiro atoms. The lowest BCUT2D eigenvalue weighted by atomic mass is 9.86. The molecule has 2 nitrogen and oxygen atoms in total. The molecule has 0 aliphatic heterocycles. The second-order valence-corrected chi connectivity index (χ2v) is 6.27. The van der Waals surface area contributed by atoms with Gasteiger partial charge in [-0.05, 0) is 28.1 Å². The number of hydrogen-bond acceptors (Lipinski definition) is 3. The molecule has 0 saturated heterocycles. The second-order valence-electron chi connectivity index (χ2n) is 4.42. The molecule has 1 heterocycles. The quantitative estimate of drug-likeness (QED) is 0.611. The summed E-state index contributed by atoms with van der Waals surface area (Å²) in [6, 6.07) is 3.86. The lowest BCUT2D eigenvalue weighted by Gasteiger charge is -2.15. The van der Waals surface area contributed by atoms with Crippen LogP contribution in [-0.2, 0) is 4.79 Å². The molecule has 16 heavy (non-hydrogen) atoms. The van der Waals surface area contributed by atoms with Gasteiger partial charge in [0.1, 0.15) is 6.07 Å². The van der Waals surface area contributed by atoms with Crippen molar-refractivity contribution in [2.45, 2.75) is 20.8 Å². The molecule has 0 N–H and O–H groups in total. The van der Waals surface area contributed by atoms with Crippen LogP contribution in [0.1, 0.15) is 25.6 Å². The van der Waals surface area contributed by atoms with Gasteiger partial charge in [0, 0.05) is 20.1 Å². The molecule has 1 aromatic rings. The molecule has 84 valence electrons. The van der Waals surface area contributed by atoms with Crippen LogP contribution in [0.15, 0.2) is 21.5 Å². The van der Waals surface area contributed by atoms with Gasteiger partial charge in [-0.2, -0.15) is 5.26 Å². The number of carbonyl (C=O) groups excluding carboxylic acids is 1. The largest absolute Gasteiger partial charge is 0.293 e. The molecule has 1 rings (SSSR count). The number of Topliss-reactive ketones (excluding diaryl/α,β-unsaturated/α-hetero) is 1. The van der Waals surface area contributed by atoms with E-state index in [4.69, 9.17) is 5.26 Å². The maximum atomic E-state index is 11.9. The van der Waals surface area contributed by atoms with Crippen LogP contribution in [0, 0.1) is 16.7 Å². The Balaban J connectivity index is 3.05.